The fourth-order valence-electron chi connectivity index (χ4n) is 4.98. The zero-order chi connectivity index (χ0) is 29.1. The van der Waals surface area contributed by atoms with Gasteiger partial charge in [-0.2, -0.15) is 0 Å². The Morgan fingerprint density at radius 2 is 1.83 bits per heavy atom. The van der Waals surface area contributed by atoms with E-state index in [2.05, 4.69) is 26.1 Å². The van der Waals surface area contributed by atoms with Crippen molar-refractivity contribution < 1.29 is 9.53 Å². The molecule has 0 fully saturated rings. The summed E-state index contributed by atoms with van der Waals surface area (Å²) in [5.41, 5.74) is 4.48. The highest BCUT2D eigenvalue weighted by Gasteiger charge is 2.33. The largest absolute Gasteiger partial charge is 0.489 e. The number of anilines is 1. The average Bonchev–Trinajstić information content (AvgIpc) is 3.31. The van der Waals surface area contributed by atoms with Crippen LogP contribution in [0.5, 0.6) is 5.75 Å². The van der Waals surface area contributed by atoms with Crippen LogP contribution in [0.2, 0.25) is 15.1 Å². The van der Waals surface area contributed by atoms with Crippen molar-refractivity contribution in [1.29, 1.82) is 0 Å². The van der Waals surface area contributed by atoms with E-state index in [1.807, 2.05) is 30.3 Å². The van der Waals surface area contributed by atoms with Gasteiger partial charge in [0.25, 0.3) is 5.91 Å². The van der Waals surface area contributed by atoms with Crippen LogP contribution in [0.15, 0.2) is 71.7 Å². The molecule has 1 heterocycles. The van der Waals surface area contributed by atoms with Gasteiger partial charge in [-0.05, 0) is 95.8 Å². The maximum atomic E-state index is 13.6. The molecule has 1 aliphatic rings. The predicted octanol–water partition coefficient (Wildman–Crippen LogP) is 10.4. The van der Waals surface area contributed by atoms with Crippen LogP contribution in [-0.2, 0) is 19.4 Å². The van der Waals surface area contributed by atoms with Crippen molar-refractivity contribution in [2.45, 2.75) is 46.6 Å². The van der Waals surface area contributed by atoms with Crippen molar-refractivity contribution in [3.8, 4) is 5.75 Å². The van der Waals surface area contributed by atoms with E-state index in [1.54, 1.807) is 53.9 Å². The molecule has 4 nitrogen and oxygen atoms in total. The number of nitrogens with zero attached hydrogens (tertiary/aromatic N) is 1. The molecule has 212 valence electrons. The molecule has 0 unspecified atom stereocenters. The van der Waals surface area contributed by atoms with Crippen molar-refractivity contribution in [2.75, 3.05) is 5.32 Å². The van der Waals surface area contributed by atoms with Gasteiger partial charge >= 0.3 is 0 Å². The predicted molar refractivity (Wildman–Crippen MR) is 173 cm³/mol. The fourth-order valence-corrected chi connectivity index (χ4v) is 6.69. The third kappa shape index (κ3) is 7.34. The van der Waals surface area contributed by atoms with Crippen molar-refractivity contribution in [1.82, 2.24) is 0 Å². The monoisotopic (exact) mass is 624 g/mol. The molecule has 1 N–H and O–H groups in total. The Morgan fingerprint density at radius 1 is 1.05 bits per heavy atom. The lowest BCUT2D eigenvalue weighted by Crippen LogP contribution is -2.27. The summed E-state index contributed by atoms with van der Waals surface area (Å²) < 4.78 is 5.99. The molecule has 1 atom stereocenters. The van der Waals surface area contributed by atoms with Gasteiger partial charge in [0.05, 0.1) is 15.6 Å². The molecule has 8 heteroatoms. The number of rotatable bonds is 7. The summed E-state index contributed by atoms with van der Waals surface area (Å²) in [6.45, 7) is 7.24. The summed E-state index contributed by atoms with van der Waals surface area (Å²) in [6, 6.07) is 20.3. The zero-order valence-corrected chi connectivity index (χ0v) is 26.2. The maximum absolute atomic E-state index is 13.6. The van der Waals surface area contributed by atoms with Crippen LogP contribution in [0.25, 0.3) is 0 Å². The van der Waals surface area contributed by atoms with E-state index in [4.69, 9.17) is 44.5 Å². The Balaban J connectivity index is 1.39. The molecule has 4 aromatic rings. The van der Waals surface area contributed by atoms with Crippen molar-refractivity contribution in [2.24, 2.45) is 16.3 Å². The first-order chi connectivity index (χ1) is 19.6. The second-order valence-electron chi connectivity index (χ2n) is 11.3. The van der Waals surface area contributed by atoms with Gasteiger partial charge in [0, 0.05) is 21.8 Å². The molecular weight excluding hydrogens is 595 g/mol. The molecule has 0 spiro atoms. The molecule has 3 aromatic carbocycles. The van der Waals surface area contributed by atoms with Crippen molar-refractivity contribution in [3.63, 3.8) is 0 Å². The van der Waals surface area contributed by atoms with Gasteiger partial charge in [0.15, 0.2) is 0 Å². The van der Waals surface area contributed by atoms with E-state index >= 15 is 0 Å². The summed E-state index contributed by atoms with van der Waals surface area (Å²) in [5.74, 6) is 1.12. The minimum atomic E-state index is -0.148. The highest BCUT2D eigenvalue weighted by molar-refractivity contribution is 7.16. The minimum absolute atomic E-state index is 0.148. The molecule has 1 amide bonds. The number of carbonyl (C=O) groups excluding carboxylic acids is 1. The molecule has 41 heavy (non-hydrogen) atoms. The van der Waals surface area contributed by atoms with E-state index in [9.17, 15) is 4.79 Å². The van der Waals surface area contributed by atoms with Gasteiger partial charge < -0.3 is 10.1 Å². The number of halogens is 3. The highest BCUT2D eigenvalue weighted by Crippen LogP contribution is 2.45. The van der Waals surface area contributed by atoms with E-state index in [0.29, 0.717) is 44.6 Å². The summed E-state index contributed by atoms with van der Waals surface area (Å²) in [6.07, 6.45) is 4.67. The zero-order valence-electron chi connectivity index (χ0n) is 23.1. The quantitative estimate of drug-likeness (QED) is 0.208. The number of hydrogen-bond acceptors (Lipinski definition) is 4. The molecule has 0 radical (unpaired) electrons. The Kier molecular flexibility index (Phi) is 9.10. The second-order valence-corrected chi connectivity index (χ2v) is 13.7. The van der Waals surface area contributed by atoms with Crippen LogP contribution in [0.4, 0.5) is 10.7 Å². The van der Waals surface area contributed by atoms with E-state index in [-0.39, 0.29) is 11.3 Å². The average molecular weight is 626 g/mol. The SMILES string of the molecule is CC(C)(C)[C@H]1CCc2c(sc(N=Cc3cccc(OCc4ccc(Cl)c(Cl)c4)c3)c2C(=O)Nc2ccc(Cl)cc2)C1. The maximum Gasteiger partial charge on any atom is 0.259 e. The van der Waals surface area contributed by atoms with E-state index in [0.717, 1.165) is 41.0 Å². The number of aliphatic imine (C=N–C) groups is 1. The number of fused-ring (bicyclic) bond motifs is 1. The number of amides is 1. The number of ether oxygens (including phenoxy) is 1. The molecule has 1 aromatic heterocycles. The summed E-state index contributed by atoms with van der Waals surface area (Å²) >= 11 is 19.8. The third-order valence-electron chi connectivity index (χ3n) is 7.38. The topological polar surface area (TPSA) is 50.7 Å². The lowest BCUT2D eigenvalue weighted by molar-refractivity contribution is 0.102. The van der Waals surface area contributed by atoms with Crippen LogP contribution >= 0.6 is 46.1 Å². The van der Waals surface area contributed by atoms with E-state index in [1.165, 1.54) is 4.88 Å². The first kappa shape index (κ1) is 29.7. The van der Waals surface area contributed by atoms with Crippen LogP contribution in [0, 0.1) is 11.3 Å². The number of thiophene rings is 1. The van der Waals surface area contributed by atoms with Crippen LogP contribution in [-0.4, -0.2) is 12.1 Å². The smallest absolute Gasteiger partial charge is 0.259 e. The first-order valence-corrected chi connectivity index (χ1v) is 15.4. The van der Waals surface area contributed by atoms with Gasteiger partial charge in [-0.25, -0.2) is 4.99 Å². The van der Waals surface area contributed by atoms with Crippen LogP contribution < -0.4 is 10.1 Å². The molecule has 5 rings (SSSR count). The normalized spacial score (nSPS) is 15.1. The molecule has 0 saturated carbocycles. The standard InChI is InChI=1S/C33H31Cl3N2O2S/c1-33(2,3)22-8-13-26-29(17-22)41-32(30(26)31(39)38-24-11-9-23(34)10-12-24)37-18-20-5-4-6-25(15-20)40-19-21-7-14-27(35)28(36)16-21/h4-7,9-12,14-16,18,22H,8,13,17,19H2,1-3H3,(H,38,39)/t22-/m0/s1. The van der Waals surface area contributed by atoms with Crippen LogP contribution in [0.1, 0.15) is 59.1 Å². The number of carbonyl (C=O) groups is 1. The Hall–Kier alpha value is -2.83. The molecule has 0 bridgehead atoms. The molecular formula is C33H31Cl3N2O2S. The molecule has 1 aliphatic carbocycles. The van der Waals surface area contributed by atoms with Gasteiger partial charge in [-0.15, -0.1) is 11.3 Å². The Morgan fingerprint density at radius 3 is 2.56 bits per heavy atom. The molecule has 0 aliphatic heterocycles. The van der Waals surface area contributed by atoms with E-state index < -0.39 is 0 Å². The highest BCUT2D eigenvalue weighted by atomic mass is 35.5. The van der Waals surface area contributed by atoms with Gasteiger partial charge in [-0.1, -0.05) is 73.8 Å². The molecule has 0 saturated heterocycles. The van der Waals surface area contributed by atoms with Crippen molar-refractivity contribution >= 4 is 68.9 Å². The summed E-state index contributed by atoms with van der Waals surface area (Å²) in [7, 11) is 0. The van der Waals surface area contributed by atoms with Gasteiger partial charge in [-0.3, -0.25) is 4.79 Å². The number of nitrogens with one attached hydrogen (secondary N) is 1. The summed E-state index contributed by atoms with van der Waals surface area (Å²) in [4.78, 5) is 19.7. The lowest BCUT2D eigenvalue weighted by atomic mass is 9.72. The van der Waals surface area contributed by atoms with Gasteiger partial charge in [0.1, 0.15) is 17.4 Å². The Labute approximate surface area is 260 Å². The van der Waals surface area contributed by atoms with Gasteiger partial charge in [0.2, 0.25) is 0 Å². The Bertz CT molecular complexity index is 1590. The lowest BCUT2D eigenvalue weighted by Gasteiger charge is -2.33. The first-order valence-electron chi connectivity index (χ1n) is 13.5. The number of benzene rings is 3. The minimum Gasteiger partial charge on any atom is -0.489 e. The number of hydrogen-bond donors (Lipinski definition) is 1. The van der Waals surface area contributed by atoms with Crippen molar-refractivity contribution in [3.05, 3.63) is 109 Å². The second kappa shape index (κ2) is 12.6. The fraction of sp³-hybridized carbons (Fsp3) is 0.273. The third-order valence-corrected chi connectivity index (χ3v) is 9.53. The van der Waals surface area contributed by atoms with Crippen LogP contribution in [0.3, 0.4) is 0 Å². The summed E-state index contributed by atoms with van der Waals surface area (Å²) in [5, 5.41) is 5.40.